The summed E-state index contributed by atoms with van der Waals surface area (Å²) in [6.07, 6.45) is 0. The topological polar surface area (TPSA) is 68.3 Å². The highest BCUT2D eigenvalue weighted by Gasteiger charge is 2.20. The van der Waals surface area contributed by atoms with Gasteiger partial charge in [-0.3, -0.25) is 9.78 Å². The van der Waals surface area contributed by atoms with Gasteiger partial charge in [-0.2, -0.15) is 0 Å². The molecule has 0 aliphatic heterocycles. The lowest BCUT2D eigenvalue weighted by molar-refractivity contribution is -0.124. The summed E-state index contributed by atoms with van der Waals surface area (Å²) in [6.45, 7) is 1.12. The number of amides is 1. The van der Waals surface area contributed by atoms with Gasteiger partial charge in [0.2, 0.25) is 0 Å². The number of rotatable bonds is 6. The highest BCUT2D eigenvalue weighted by Crippen LogP contribution is 2.26. The number of ether oxygens (including phenoxy) is 1. The predicted molar refractivity (Wildman–Crippen MR) is 117 cm³/mol. The van der Waals surface area contributed by atoms with Crippen molar-refractivity contribution in [3.63, 3.8) is 0 Å². The molecule has 1 amide bonds. The normalized spacial score (nSPS) is 11.8. The summed E-state index contributed by atoms with van der Waals surface area (Å²) in [7, 11) is 0. The monoisotopic (exact) mass is 452 g/mol. The Hall–Kier alpha value is -3.65. The van der Waals surface area contributed by atoms with Crippen molar-refractivity contribution in [3.05, 3.63) is 99.4 Å². The molecule has 0 radical (unpaired) electrons. The molecular weight excluding hydrogens is 434 g/mol. The summed E-state index contributed by atoms with van der Waals surface area (Å²) < 4.78 is 31.9. The number of benzene rings is 2. The number of hydrogen-bond donors (Lipinski definition) is 1. The van der Waals surface area contributed by atoms with Gasteiger partial charge in [0, 0.05) is 16.3 Å². The molecular formula is C24H18F2N2O3S. The number of esters is 1. The van der Waals surface area contributed by atoms with Crippen LogP contribution in [0.4, 0.5) is 8.78 Å². The van der Waals surface area contributed by atoms with Crippen LogP contribution in [0.25, 0.3) is 10.9 Å². The van der Waals surface area contributed by atoms with Crippen molar-refractivity contribution >= 4 is 34.1 Å². The fraction of sp³-hybridized carbons (Fsp3) is 0.125. The fourth-order valence-electron chi connectivity index (χ4n) is 3.28. The molecule has 5 nitrogen and oxygen atoms in total. The van der Waals surface area contributed by atoms with Gasteiger partial charge in [-0.05, 0) is 54.3 Å². The quantitative estimate of drug-likeness (QED) is 0.421. The third kappa shape index (κ3) is 4.81. The van der Waals surface area contributed by atoms with Crippen molar-refractivity contribution in [2.45, 2.75) is 13.0 Å². The van der Waals surface area contributed by atoms with Crippen LogP contribution in [0.2, 0.25) is 0 Å². The highest BCUT2D eigenvalue weighted by atomic mass is 32.1. The van der Waals surface area contributed by atoms with E-state index >= 15 is 0 Å². The lowest BCUT2D eigenvalue weighted by atomic mass is 10.1. The second-order valence-corrected chi connectivity index (χ2v) is 8.08. The smallest absolute Gasteiger partial charge is 0.340 e. The third-order valence-electron chi connectivity index (χ3n) is 4.86. The van der Waals surface area contributed by atoms with E-state index in [1.165, 1.54) is 41.7 Å². The van der Waals surface area contributed by atoms with Gasteiger partial charge >= 0.3 is 5.97 Å². The van der Waals surface area contributed by atoms with Crippen LogP contribution < -0.4 is 5.32 Å². The molecule has 0 saturated heterocycles. The summed E-state index contributed by atoms with van der Waals surface area (Å²) in [4.78, 5) is 30.2. The summed E-state index contributed by atoms with van der Waals surface area (Å²) in [5, 5.41) is 5.29. The van der Waals surface area contributed by atoms with Crippen molar-refractivity contribution in [2.75, 3.05) is 6.61 Å². The molecule has 1 N–H and O–H groups in total. The molecule has 0 spiro atoms. The second-order valence-electron chi connectivity index (χ2n) is 7.10. The van der Waals surface area contributed by atoms with E-state index in [4.69, 9.17) is 4.74 Å². The number of carbonyl (C=O) groups excluding carboxylic acids is 2. The molecule has 4 aromatic rings. The van der Waals surface area contributed by atoms with Gasteiger partial charge in [0.25, 0.3) is 5.91 Å². The van der Waals surface area contributed by atoms with Crippen molar-refractivity contribution < 1.29 is 23.1 Å². The number of fused-ring (bicyclic) bond motifs is 1. The summed E-state index contributed by atoms with van der Waals surface area (Å²) in [6, 6.07) is 14.7. The van der Waals surface area contributed by atoms with E-state index in [-0.39, 0.29) is 11.4 Å². The Morgan fingerprint density at radius 2 is 1.81 bits per heavy atom. The number of thiophene rings is 1. The number of nitrogens with zero attached hydrogens (tertiary/aromatic N) is 1. The number of halogens is 2. The number of aromatic nitrogens is 1. The van der Waals surface area contributed by atoms with Gasteiger partial charge in [-0.1, -0.05) is 18.2 Å². The van der Waals surface area contributed by atoms with E-state index in [0.29, 0.717) is 22.2 Å². The second kappa shape index (κ2) is 9.23. The van der Waals surface area contributed by atoms with Crippen LogP contribution in [0.3, 0.4) is 0 Å². The number of nitrogens with one attached hydrogen (secondary N) is 1. The van der Waals surface area contributed by atoms with Gasteiger partial charge < -0.3 is 10.1 Å². The van der Waals surface area contributed by atoms with Gasteiger partial charge in [-0.25, -0.2) is 13.6 Å². The Balaban J connectivity index is 1.46. The largest absolute Gasteiger partial charge is 0.452 e. The molecule has 2 aromatic heterocycles. The maximum absolute atomic E-state index is 13.4. The van der Waals surface area contributed by atoms with E-state index in [1.54, 1.807) is 25.1 Å². The molecule has 8 heteroatoms. The van der Waals surface area contributed by atoms with E-state index in [0.717, 1.165) is 4.88 Å². The zero-order valence-electron chi connectivity index (χ0n) is 17.0. The molecule has 0 saturated carbocycles. The van der Waals surface area contributed by atoms with Crippen molar-refractivity contribution in [3.8, 4) is 0 Å². The zero-order chi connectivity index (χ0) is 22.7. The fourth-order valence-corrected chi connectivity index (χ4v) is 4.09. The van der Waals surface area contributed by atoms with Crippen LogP contribution in [0.1, 0.15) is 32.5 Å². The molecule has 162 valence electrons. The molecule has 32 heavy (non-hydrogen) atoms. The minimum Gasteiger partial charge on any atom is -0.452 e. The van der Waals surface area contributed by atoms with Crippen molar-refractivity contribution in [1.29, 1.82) is 0 Å². The maximum atomic E-state index is 13.4. The molecule has 0 aliphatic carbocycles. The summed E-state index contributed by atoms with van der Waals surface area (Å²) in [5.41, 5.74) is 1.70. The Morgan fingerprint density at radius 1 is 1.06 bits per heavy atom. The first-order chi connectivity index (χ1) is 15.4. The first-order valence-corrected chi connectivity index (χ1v) is 10.6. The molecule has 0 aliphatic rings. The van der Waals surface area contributed by atoms with Crippen molar-refractivity contribution in [1.82, 2.24) is 10.3 Å². The molecule has 0 bridgehead atoms. The van der Waals surface area contributed by atoms with E-state index in [1.807, 2.05) is 17.5 Å². The standard InChI is InChI=1S/C24H18F2N2O3S/c1-14-19(11-16-6-9-18(26)12-20(16)27-14)24(30)31-13-22(29)28-23(21-3-2-10-32-21)15-4-7-17(25)8-5-15/h2-12,23H,13H2,1H3,(H,28,29). The Kier molecular flexibility index (Phi) is 6.23. The van der Waals surface area contributed by atoms with Gasteiger partial charge in [-0.15, -0.1) is 11.3 Å². The lowest BCUT2D eigenvalue weighted by Crippen LogP contribution is -2.32. The average molecular weight is 452 g/mol. The molecule has 4 rings (SSSR count). The first-order valence-electron chi connectivity index (χ1n) is 9.73. The van der Waals surface area contributed by atoms with E-state index in [2.05, 4.69) is 10.3 Å². The molecule has 1 atom stereocenters. The Morgan fingerprint density at radius 3 is 2.53 bits per heavy atom. The van der Waals surface area contributed by atoms with Crippen LogP contribution in [-0.2, 0) is 9.53 Å². The highest BCUT2D eigenvalue weighted by molar-refractivity contribution is 7.10. The molecule has 2 heterocycles. The zero-order valence-corrected chi connectivity index (χ0v) is 17.8. The van der Waals surface area contributed by atoms with Gasteiger partial charge in [0.15, 0.2) is 6.61 Å². The van der Waals surface area contributed by atoms with Crippen LogP contribution in [0.15, 0.2) is 66.0 Å². The number of carbonyl (C=O) groups is 2. The number of aryl methyl sites for hydroxylation is 1. The molecule has 1 unspecified atom stereocenters. The maximum Gasteiger partial charge on any atom is 0.340 e. The minimum absolute atomic E-state index is 0.199. The Labute approximate surface area is 186 Å². The van der Waals surface area contributed by atoms with E-state index < -0.39 is 30.3 Å². The summed E-state index contributed by atoms with van der Waals surface area (Å²) >= 11 is 1.45. The first kappa shape index (κ1) is 21.6. The minimum atomic E-state index is -0.703. The molecule has 0 fully saturated rings. The van der Waals surface area contributed by atoms with Gasteiger partial charge in [0.1, 0.15) is 11.6 Å². The number of hydrogen-bond acceptors (Lipinski definition) is 5. The molecule has 2 aromatic carbocycles. The lowest BCUT2D eigenvalue weighted by Gasteiger charge is -2.18. The van der Waals surface area contributed by atoms with E-state index in [9.17, 15) is 18.4 Å². The van der Waals surface area contributed by atoms with Crippen LogP contribution in [-0.4, -0.2) is 23.5 Å². The van der Waals surface area contributed by atoms with Crippen LogP contribution in [0.5, 0.6) is 0 Å². The summed E-state index contributed by atoms with van der Waals surface area (Å²) in [5.74, 6) is -2.00. The number of pyridine rings is 1. The van der Waals surface area contributed by atoms with Gasteiger partial charge in [0.05, 0.1) is 22.8 Å². The van der Waals surface area contributed by atoms with Crippen LogP contribution in [0, 0.1) is 18.6 Å². The predicted octanol–water partition coefficient (Wildman–Crippen LogP) is 4.95. The third-order valence-corrected chi connectivity index (χ3v) is 5.80. The Bertz CT molecular complexity index is 1270. The average Bonchev–Trinajstić information content (AvgIpc) is 3.30. The van der Waals surface area contributed by atoms with Crippen molar-refractivity contribution in [2.24, 2.45) is 0 Å². The SMILES string of the molecule is Cc1nc2cc(F)ccc2cc1C(=O)OCC(=O)NC(c1ccc(F)cc1)c1cccs1. The van der Waals surface area contributed by atoms with Crippen LogP contribution >= 0.6 is 11.3 Å².